The van der Waals surface area contributed by atoms with Crippen LogP contribution in [0.2, 0.25) is 0 Å². The van der Waals surface area contributed by atoms with E-state index in [1.54, 1.807) is 21.0 Å². The summed E-state index contributed by atoms with van der Waals surface area (Å²) >= 11 is 0. The van der Waals surface area contributed by atoms with E-state index in [4.69, 9.17) is 10.2 Å². The number of nitrogens with two attached hydrogens (primary N) is 1. The van der Waals surface area contributed by atoms with Gasteiger partial charge in [-0.25, -0.2) is 4.98 Å². The van der Waals surface area contributed by atoms with Gasteiger partial charge in [0.1, 0.15) is 5.52 Å². The summed E-state index contributed by atoms with van der Waals surface area (Å²) < 4.78 is 5.45. The van der Waals surface area contributed by atoms with Crippen LogP contribution in [0, 0.1) is 6.92 Å². The maximum Gasteiger partial charge on any atom is 0.223 e. The Morgan fingerprint density at radius 1 is 1.50 bits per heavy atom. The second-order valence-electron chi connectivity index (χ2n) is 4.56. The maximum atomic E-state index is 11.6. The Morgan fingerprint density at radius 2 is 2.22 bits per heavy atom. The minimum absolute atomic E-state index is 0.0105. The van der Waals surface area contributed by atoms with Crippen molar-refractivity contribution in [1.82, 2.24) is 9.88 Å². The molecule has 18 heavy (non-hydrogen) atoms. The van der Waals surface area contributed by atoms with Crippen molar-refractivity contribution in [3.63, 3.8) is 0 Å². The van der Waals surface area contributed by atoms with E-state index in [9.17, 15) is 4.79 Å². The molecule has 0 bridgehead atoms. The molecule has 1 amide bonds. The summed E-state index contributed by atoms with van der Waals surface area (Å²) in [5.41, 5.74) is 8.42. The summed E-state index contributed by atoms with van der Waals surface area (Å²) in [5, 5.41) is 0. The molecule has 0 aliphatic rings. The van der Waals surface area contributed by atoms with Crippen molar-refractivity contribution < 1.29 is 9.21 Å². The van der Waals surface area contributed by atoms with Crippen LogP contribution in [0.4, 0.5) is 0 Å². The average Bonchev–Trinajstić information content (AvgIpc) is 2.67. The van der Waals surface area contributed by atoms with Gasteiger partial charge in [0.05, 0.1) is 0 Å². The van der Waals surface area contributed by atoms with Gasteiger partial charge in [0.2, 0.25) is 5.91 Å². The largest absolute Gasteiger partial charge is 0.441 e. The molecule has 0 fully saturated rings. The van der Waals surface area contributed by atoms with E-state index in [1.165, 1.54) is 4.90 Å². The fourth-order valence-electron chi connectivity index (χ4n) is 1.78. The molecule has 0 spiro atoms. The van der Waals surface area contributed by atoms with Crippen LogP contribution < -0.4 is 5.73 Å². The lowest BCUT2D eigenvalue weighted by Gasteiger charge is -2.15. The normalized spacial score (nSPS) is 12.7. The fourth-order valence-corrected chi connectivity index (χ4v) is 1.78. The van der Waals surface area contributed by atoms with E-state index >= 15 is 0 Å². The summed E-state index contributed by atoms with van der Waals surface area (Å²) in [4.78, 5) is 17.4. The van der Waals surface area contributed by atoms with Crippen LogP contribution in [-0.2, 0) is 4.79 Å². The van der Waals surface area contributed by atoms with E-state index < -0.39 is 0 Å². The lowest BCUT2D eigenvalue weighted by Crippen LogP contribution is -2.26. The first-order valence-corrected chi connectivity index (χ1v) is 5.80. The first-order chi connectivity index (χ1) is 8.47. The summed E-state index contributed by atoms with van der Waals surface area (Å²) in [6, 6.07) is 5.27. The maximum absolute atomic E-state index is 11.6. The number of aromatic nitrogens is 1. The predicted molar refractivity (Wildman–Crippen MR) is 69.0 cm³/mol. The highest BCUT2D eigenvalue weighted by Crippen LogP contribution is 2.21. The molecule has 0 aliphatic heterocycles. The highest BCUT2D eigenvalue weighted by atomic mass is 16.3. The van der Waals surface area contributed by atoms with Crippen molar-refractivity contribution in [2.75, 3.05) is 14.1 Å². The minimum Gasteiger partial charge on any atom is -0.441 e. The van der Waals surface area contributed by atoms with Gasteiger partial charge in [-0.05, 0) is 17.7 Å². The smallest absolute Gasteiger partial charge is 0.223 e. The number of nitrogens with zero attached hydrogens (tertiary/aromatic N) is 2. The van der Waals surface area contributed by atoms with E-state index in [-0.39, 0.29) is 18.4 Å². The second kappa shape index (κ2) is 4.78. The van der Waals surface area contributed by atoms with Crippen LogP contribution in [0.25, 0.3) is 11.1 Å². The van der Waals surface area contributed by atoms with E-state index in [2.05, 4.69) is 4.98 Å². The van der Waals surface area contributed by atoms with Crippen molar-refractivity contribution in [3.05, 3.63) is 29.7 Å². The van der Waals surface area contributed by atoms with Crippen molar-refractivity contribution in [2.24, 2.45) is 5.73 Å². The Balaban J connectivity index is 2.22. The monoisotopic (exact) mass is 247 g/mol. The number of rotatable bonds is 3. The Morgan fingerprint density at radius 3 is 2.89 bits per heavy atom. The van der Waals surface area contributed by atoms with Crippen molar-refractivity contribution in [3.8, 4) is 0 Å². The topological polar surface area (TPSA) is 72.4 Å². The highest BCUT2D eigenvalue weighted by Gasteiger charge is 2.14. The number of hydrogen-bond acceptors (Lipinski definition) is 4. The summed E-state index contributed by atoms with van der Waals surface area (Å²) in [6.07, 6.45) is 0.283. The van der Waals surface area contributed by atoms with Gasteiger partial charge in [-0.1, -0.05) is 6.07 Å². The Bertz CT molecular complexity index is 575. The standard InChI is InChI=1S/C13H17N3O2/c1-8-15-11-5-4-9(6-12(11)18-8)10(14)7-13(17)16(2)3/h4-6,10H,7,14H2,1-3H3. The van der Waals surface area contributed by atoms with Gasteiger partial charge in [-0.2, -0.15) is 0 Å². The molecule has 2 N–H and O–H groups in total. The van der Waals surface area contributed by atoms with Gasteiger partial charge in [-0.15, -0.1) is 0 Å². The van der Waals surface area contributed by atoms with Crippen molar-refractivity contribution >= 4 is 17.0 Å². The molecule has 5 heteroatoms. The van der Waals surface area contributed by atoms with Crippen LogP contribution in [0.1, 0.15) is 23.9 Å². The Kier molecular flexibility index (Phi) is 3.34. The number of carbonyl (C=O) groups excluding carboxylic acids is 1. The quantitative estimate of drug-likeness (QED) is 0.894. The third-order valence-electron chi connectivity index (χ3n) is 2.84. The number of amides is 1. The third-order valence-corrected chi connectivity index (χ3v) is 2.84. The number of aryl methyl sites for hydroxylation is 1. The summed E-state index contributed by atoms with van der Waals surface area (Å²) in [5.74, 6) is 0.636. The van der Waals surface area contributed by atoms with Crippen LogP contribution in [0.5, 0.6) is 0 Å². The molecule has 0 radical (unpaired) electrons. The first kappa shape index (κ1) is 12.6. The van der Waals surface area contributed by atoms with E-state index in [0.717, 1.165) is 11.1 Å². The van der Waals surface area contributed by atoms with Gasteiger partial charge in [0, 0.05) is 33.5 Å². The number of oxazole rings is 1. The molecule has 0 saturated heterocycles. The minimum atomic E-state index is -0.324. The molecule has 0 aliphatic carbocycles. The number of hydrogen-bond donors (Lipinski definition) is 1. The molecule has 1 heterocycles. The molecule has 1 aromatic heterocycles. The van der Waals surface area contributed by atoms with Gasteiger partial charge < -0.3 is 15.1 Å². The number of carbonyl (C=O) groups is 1. The third kappa shape index (κ3) is 2.51. The SMILES string of the molecule is Cc1nc2ccc(C(N)CC(=O)N(C)C)cc2o1. The molecule has 2 aromatic rings. The molecule has 1 unspecified atom stereocenters. The Labute approximate surface area is 106 Å². The molecular weight excluding hydrogens is 230 g/mol. The number of fused-ring (bicyclic) bond motifs is 1. The zero-order valence-electron chi connectivity index (χ0n) is 10.8. The van der Waals surface area contributed by atoms with Crippen LogP contribution >= 0.6 is 0 Å². The van der Waals surface area contributed by atoms with Crippen LogP contribution in [0.15, 0.2) is 22.6 Å². The zero-order valence-corrected chi connectivity index (χ0v) is 10.8. The molecular formula is C13H17N3O2. The average molecular weight is 247 g/mol. The van der Waals surface area contributed by atoms with Crippen molar-refractivity contribution in [1.29, 1.82) is 0 Å². The zero-order chi connectivity index (χ0) is 13.3. The Hall–Kier alpha value is -1.88. The van der Waals surface area contributed by atoms with Crippen molar-refractivity contribution in [2.45, 2.75) is 19.4 Å². The second-order valence-corrected chi connectivity index (χ2v) is 4.56. The lowest BCUT2D eigenvalue weighted by molar-refractivity contribution is -0.129. The molecule has 1 atom stereocenters. The number of benzene rings is 1. The predicted octanol–water partition coefficient (Wildman–Crippen LogP) is 1.61. The van der Waals surface area contributed by atoms with Gasteiger partial charge in [0.25, 0.3) is 0 Å². The van der Waals surface area contributed by atoms with E-state index in [1.807, 2.05) is 18.2 Å². The van der Waals surface area contributed by atoms with Crippen LogP contribution in [-0.4, -0.2) is 29.9 Å². The molecule has 2 rings (SSSR count). The first-order valence-electron chi connectivity index (χ1n) is 5.80. The highest BCUT2D eigenvalue weighted by molar-refractivity contribution is 5.77. The van der Waals surface area contributed by atoms with E-state index in [0.29, 0.717) is 11.5 Å². The van der Waals surface area contributed by atoms with Crippen LogP contribution in [0.3, 0.4) is 0 Å². The van der Waals surface area contributed by atoms with Gasteiger partial charge in [0.15, 0.2) is 11.5 Å². The molecule has 1 aromatic carbocycles. The molecule has 96 valence electrons. The van der Waals surface area contributed by atoms with Gasteiger partial charge in [-0.3, -0.25) is 4.79 Å². The molecule has 0 saturated carbocycles. The fraction of sp³-hybridized carbons (Fsp3) is 0.385. The van der Waals surface area contributed by atoms with Gasteiger partial charge >= 0.3 is 0 Å². The molecule has 5 nitrogen and oxygen atoms in total. The lowest BCUT2D eigenvalue weighted by atomic mass is 10.0. The summed E-state index contributed by atoms with van der Waals surface area (Å²) in [6.45, 7) is 1.80. The summed E-state index contributed by atoms with van der Waals surface area (Å²) in [7, 11) is 3.44.